The van der Waals surface area contributed by atoms with Crippen LogP contribution in [0.15, 0.2) is 30.3 Å². The second-order valence-electron chi connectivity index (χ2n) is 8.90. The minimum absolute atomic E-state index is 0.0199. The van der Waals surface area contributed by atoms with E-state index in [1.54, 1.807) is 13.0 Å². The third-order valence-corrected chi connectivity index (χ3v) is 6.32. The fourth-order valence-electron chi connectivity index (χ4n) is 4.14. The zero-order valence-corrected chi connectivity index (χ0v) is 20.6. The van der Waals surface area contributed by atoms with E-state index in [1.807, 2.05) is 32.9 Å². The maximum absolute atomic E-state index is 14.4. The molecule has 1 N–H and O–H groups in total. The smallest absolute Gasteiger partial charge is 0.229 e. The van der Waals surface area contributed by atoms with Crippen molar-refractivity contribution in [2.24, 2.45) is 0 Å². The van der Waals surface area contributed by atoms with E-state index in [4.69, 9.17) is 9.72 Å². The molecule has 0 bridgehead atoms. The van der Waals surface area contributed by atoms with E-state index in [1.165, 1.54) is 12.1 Å². The van der Waals surface area contributed by atoms with Crippen LogP contribution in [0.1, 0.15) is 49.9 Å². The predicted molar refractivity (Wildman–Crippen MR) is 128 cm³/mol. The molecule has 1 aliphatic rings. The Labute approximate surface area is 195 Å². The number of aromatic nitrogens is 1. The number of anilines is 2. The molecule has 0 radical (unpaired) electrons. The third-order valence-electron chi connectivity index (χ3n) is 5.73. The normalized spacial score (nSPS) is 19.9. The first-order valence-corrected chi connectivity index (χ1v) is 13.0. The number of morpholine rings is 1. The molecule has 0 amide bonds. The van der Waals surface area contributed by atoms with Crippen molar-refractivity contribution in [3.05, 3.63) is 53.0 Å². The average molecular weight is 478 g/mol. The number of hydrogen-bond acceptors (Lipinski definition) is 6. The van der Waals surface area contributed by atoms with Crippen molar-refractivity contribution in [1.29, 1.82) is 0 Å². The number of pyridine rings is 1. The van der Waals surface area contributed by atoms with Gasteiger partial charge in [-0.3, -0.25) is 9.52 Å². The molecule has 1 aromatic heterocycles. The van der Waals surface area contributed by atoms with Crippen molar-refractivity contribution < 1.29 is 22.3 Å². The lowest BCUT2D eigenvalue weighted by atomic mass is 9.92. The molecule has 0 aliphatic carbocycles. The number of sulfonamides is 1. The number of halogens is 1. The fourth-order valence-corrected chi connectivity index (χ4v) is 4.70. The molecule has 3 rings (SSSR count). The summed E-state index contributed by atoms with van der Waals surface area (Å²) in [5.41, 5.74) is 2.29. The van der Waals surface area contributed by atoms with Gasteiger partial charge in [-0.15, -0.1) is 0 Å². The van der Waals surface area contributed by atoms with Gasteiger partial charge < -0.3 is 9.64 Å². The van der Waals surface area contributed by atoms with Crippen LogP contribution in [0.2, 0.25) is 0 Å². The summed E-state index contributed by atoms with van der Waals surface area (Å²) in [6.07, 6.45) is 1.97. The average Bonchev–Trinajstić information content (AvgIpc) is 2.72. The third kappa shape index (κ3) is 6.74. The number of Topliss-reactive ketones (excluding diaryl/α,β-unsaturated/α-hetero) is 1. The van der Waals surface area contributed by atoms with Gasteiger partial charge in [0, 0.05) is 31.1 Å². The first kappa shape index (κ1) is 25.1. The molecule has 33 heavy (non-hydrogen) atoms. The first-order chi connectivity index (χ1) is 15.4. The molecule has 180 valence electrons. The topological polar surface area (TPSA) is 88.6 Å². The SMILES string of the molecule is Cc1ccc(CCC(=O)C(C)c2ccc(NS(C)(=O)=O)c(F)c2)c(N2C[C@@H](C)O[C@@H](C)C2)n1. The standard InChI is InChI=1S/C24H32FN3O4S/c1-15-6-7-19(24(26-15)28-13-16(2)32-17(3)14-28)9-11-23(29)18(4)20-8-10-22(21(25)12-20)27-33(5,30)31/h6-8,10,12,16-18,27H,9,11,13-14H2,1-5H3/t16-,17+,18?. The van der Waals surface area contributed by atoms with E-state index in [-0.39, 0.29) is 23.7 Å². The van der Waals surface area contributed by atoms with Gasteiger partial charge in [-0.05, 0) is 56.5 Å². The Kier molecular flexibility index (Phi) is 7.74. The summed E-state index contributed by atoms with van der Waals surface area (Å²) in [4.78, 5) is 19.9. The monoisotopic (exact) mass is 477 g/mol. The van der Waals surface area contributed by atoms with E-state index < -0.39 is 21.8 Å². The number of carbonyl (C=O) groups is 1. The minimum Gasteiger partial charge on any atom is -0.372 e. The zero-order valence-electron chi connectivity index (χ0n) is 19.8. The number of rotatable bonds is 8. The van der Waals surface area contributed by atoms with Crippen molar-refractivity contribution in [3.63, 3.8) is 0 Å². The highest BCUT2D eigenvalue weighted by Crippen LogP contribution is 2.27. The maximum Gasteiger partial charge on any atom is 0.229 e. The van der Waals surface area contributed by atoms with Gasteiger partial charge in [-0.1, -0.05) is 19.1 Å². The summed E-state index contributed by atoms with van der Waals surface area (Å²) >= 11 is 0. The van der Waals surface area contributed by atoms with Crippen molar-refractivity contribution in [1.82, 2.24) is 4.98 Å². The van der Waals surface area contributed by atoms with Gasteiger partial charge in [0.25, 0.3) is 0 Å². The lowest BCUT2D eigenvalue weighted by molar-refractivity contribution is -0.120. The summed E-state index contributed by atoms with van der Waals surface area (Å²) in [7, 11) is -3.59. The molecule has 7 nitrogen and oxygen atoms in total. The number of ether oxygens (including phenoxy) is 1. The highest BCUT2D eigenvalue weighted by molar-refractivity contribution is 7.92. The lowest BCUT2D eigenvalue weighted by Gasteiger charge is -2.37. The quantitative estimate of drug-likeness (QED) is 0.622. The van der Waals surface area contributed by atoms with Crippen LogP contribution in [0.4, 0.5) is 15.9 Å². The Hall–Kier alpha value is -2.52. The van der Waals surface area contributed by atoms with Gasteiger partial charge in [0.2, 0.25) is 10.0 Å². The molecule has 3 atom stereocenters. The van der Waals surface area contributed by atoms with Gasteiger partial charge in [0.15, 0.2) is 0 Å². The van der Waals surface area contributed by atoms with E-state index in [0.717, 1.165) is 36.4 Å². The summed E-state index contributed by atoms with van der Waals surface area (Å²) in [5, 5.41) is 0. The Morgan fingerprint density at radius 3 is 2.52 bits per heavy atom. The van der Waals surface area contributed by atoms with Crippen LogP contribution in [0.5, 0.6) is 0 Å². The molecule has 1 saturated heterocycles. The number of nitrogens with one attached hydrogen (secondary N) is 1. The van der Waals surface area contributed by atoms with Crippen molar-refractivity contribution in [2.75, 3.05) is 29.0 Å². The molecular formula is C24H32FN3O4S. The Morgan fingerprint density at radius 2 is 1.91 bits per heavy atom. The van der Waals surface area contributed by atoms with Gasteiger partial charge in [-0.25, -0.2) is 17.8 Å². The van der Waals surface area contributed by atoms with Crippen LogP contribution in [-0.4, -0.2) is 50.7 Å². The van der Waals surface area contributed by atoms with Crippen LogP contribution in [-0.2, 0) is 26.0 Å². The molecule has 1 aromatic carbocycles. The number of benzene rings is 1. The summed E-state index contributed by atoms with van der Waals surface area (Å²) in [5.74, 6) is -0.358. The largest absolute Gasteiger partial charge is 0.372 e. The number of aryl methyl sites for hydroxylation is 2. The van der Waals surface area contributed by atoms with E-state index in [9.17, 15) is 17.6 Å². The van der Waals surface area contributed by atoms with Crippen LogP contribution < -0.4 is 9.62 Å². The van der Waals surface area contributed by atoms with Crippen LogP contribution in [0.3, 0.4) is 0 Å². The van der Waals surface area contributed by atoms with Crippen LogP contribution in [0, 0.1) is 12.7 Å². The number of nitrogens with zero attached hydrogens (tertiary/aromatic N) is 2. The fraction of sp³-hybridized carbons (Fsp3) is 0.500. The van der Waals surface area contributed by atoms with E-state index in [0.29, 0.717) is 18.4 Å². The second-order valence-corrected chi connectivity index (χ2v) is 10.6. The zero-order chi connectivity index (χ0) is 24.3. The lowest BCUT2D eigenvalue weighted by Crippen LogP contribution is -2.46. The maximum atomic E-state index is 14.4. The van der Waals surface area contributed by atoms with Crippen LogP contribution in [0.25, 0.3) is 0 Å². The molecule has 1 aliphatic heterocycles. The summed E-state index contributed by atoms with van der Waals surface area (Å²) < 4.78 is 45.0. The molecular weight excluding hydrogens is 445 g/mol. The van der Waals surface area contributed by atoms with E-state index in [2.05, 4.69) is 9.62 Å². The molecule has 2 aromatic rings. The van der Waals surface area contributed by atoms with Crippen LogP contribution >= 0.6 is 0 Å². The van der Waals surface area contributed by atoms with E-state index >= 15 is 0 Å². The molecule has 9 heteroatoms. The van der Waals surface area contributed by atoms with Gasteiger partial charge in [0.05, 0.1) is 24.2 Å². The van der Waals surface area contributed by atoms with Gasteiger partial charge in [-0.2, -0.15) is 0 Å². The van der Waals surface area contributed by atoms with Crippen molar-refractivity contribution in [2.45, 2.75) is 58.7 Å². The molecule has 0 spiro atoms. The number of carbonyl (C=O) groups excluding carboxylic acids is 1. The molecule has 0 saturated carbocycles. The highest BCUT2D eigenvalue weighted by atomic mass is 32.2. The number of ketones is 1. The summed E-state index contributed by atoms with van der Waals surface area (Å²) in [6.45, 7) is 9.25. The first-order valence-electron chi connectivity index (χ1n) is 11.1. The minimum atomic E-state index is -3.59. The van der Waals surface area contributed by atoms with Gasteiger partial charge in [0.1, 0.15) is 17.4 Å². The Bertz CT molecular complexity index is 1110. The second kappa shape index (κ2) is 10.2. The highest BCUT2D eigenvalue weighted by Gasteiger charge is 2.25. The summed E-state index contributed by atoms with van der Waals surface area (Å²) in [6, 6.07) is 8.10. The van der Waals surface area contributed by atoms with Crippen molar-refractivity contribution in [3.8, 4) is 0 Å². The Morgan fingerprint density at radius 1 is 1.24 bits per heavy atom. The molecule has 1 unspecified atom stereocenters. The molecule has 2 heterocycles. The predicted octanol–water partition coefficient (Wildman–Crippen LogP) is 3.82. The Balaban J connectivity index is 1.71. The number of hydrogen-bond donors (Lipinski definition) is 1. The van der Waals surface area contributed by atoms with Crippen molar-refractivity contribution >= 4 is 27.3 Å². The molecule has 1 fully saturated rings. The van der Waals surface area contributed by atoms with Gasteiger partial charge >= 0.3 is 0 Å².